The van der Waals surface area contributed by atoms with Crippen LogP contribution < -0.4 is 5.32 Å². The molecule has 1 unspecified atom stereocenters. The molecule has 0 spiro atoms. The van der Waals surface area contributed by atoms with Gasteiger partial charge < -0.3 is 14.7 Å². The fourth-order valence-corrected chi connectivity index (χ4v) is 3.48. The van der Waals surface area contributed by atoms with Crippen molar-refractivity contribution in [3.05, 3.63) is 36.0 Å². The van der Waals surface area contributed by atoms with Crippen LogP contribution in [0.1, 0.15) is 38.0 Å². The summed E-state index contributed by atoms with van der Waals surface area (Å²) in [7, 11) is 1.64. The van der Waals surface area contributed by atoms with Crippen LogP contribution in [0.25, 0.3) is 11.4 Å². The van der Waals surface area contributed by atoms with Gasteiger partial charge in [-0.05, 0) is 37.9 Å². The maximum absolute atomic E-state index is 13.4. The molecule has 1 aliphatic rings. The van der Waals surface area contributed by atoms with Gasteiger partial charge in [0, 0.05) is 25.7 Å². The third kappa shape index (κ3) is 5.85. The minimum absolute atomic E-state index is 0.0134. The summed E-state index contributed by atoms with van der Waals surface area (Å²) in [4.78, 5) is 32.3. The first-order chi connectivity index (χ1) is 14.5. The van der Waals surface area contributed by atoms with E-state index >= 15 is 0 Å². The van der Waals surface area contributed by atoms with Gasteiger partial charge in [-0.15, -0.1) is 0 Å². The van der Waals surface area contributed by atoms with Gasteiger partial charge in [0.05, 0.1) is 19.0 Å². The number of amides is 2. The van der Waals surface area contributed by atoms with Crippen LogP contribution in [-0.4, -0.2) is 71.5 Å². The van der Waals surface area contributed by atoms with Crippen LogP contribution in [0.5, 0.6) is 0 Å². The Hall–Kier alpha value is -2.81. The molecule has 1 aromatic carbocycles. The molecule has 8 nitrogen and oxygen atoms in total. The van der Waals surface area contributed by atoms with Crippen molar-refractivity contribution in [2.75, 3.05) is 39.8 Å². The highest BCUT2D eigenvalue weighted by Gasteiger charge is 2.28. The Labute approximate surface area is 175 Å². The Bertz CT molecular complexity index is 872. The summed E-state index contributed by atoms with van der Waals surface area (Å²) in [5.41, 5.74) is 0.566. The third-order valence-corrected chi connectivity index (χ3v) is 5.12. The van der Waals surface area contributed by atoms with Crippen LogP contribution in [0.4, 0.5) is 4.39 Å². The lowest BCUT2D eigenvalue weighted by molar-refractivity contribution is -0.135. The predicted octanol–water partition coefficient (Wildman–Crippen LogP) is 2.04. The number of carbonyl (C=O) groups is 2. The van der Waals surface area contributed by atoms with Crippen molar-refractivity contribution in [1.29, 1.82) is 0 Å². The van der Waals surface area contributed by atoms with Crippen LogP contribution in [0.3, 0.4) is 0 Å². The minimum atomic E-state index is -0.353. The van der Waals surface area contributed by atoms with E-state index in [2.05, 4.69) is 15.5 Å². The first kappa shape index (κ1) is 21.9. The highest BCUT2D eigenvalue weighted by atomic mass is 19.1. The highest BCUT2D eigenvalue weighted by molar-refractivity contribution is 5.85. The van der Waals surface area contributed by atoms with E-state index in [9.17, 15) is 14.0 Å². The van der Waals surface area contributed by atoms with E-state index in [-0.39, 0.29) is 36.6 Å². The van der Waals surface area contributed by atoms with E-state index in [4.69, 9.17) is 4.52 Å². The van der Waals surface area contributed by atoms with Gasteiger partial charge in [-0.3, -0.25) is 14.5 Å². The first-order valence-corrected chi connectivity index (χ1v) is 10.3. The fourth-order valence-electron chi connectivity index (χ4n) is 3.48. The van der Waals surface area contributed by atoms with Crippen molar-refractivity contribution in [1.82, 2.24) is 25.3 Å². The topological polar surface area (TPSA) is 91.6 Å². The molecule has 162 valence electrons. The molecule has 2 heterocycles. The van der Waals surface area contributed by atoms with Gasteiger partial charge in [0.15, 0.2) is 0 Å². The number of carbonyl (C=O) groups excluding carboxylic acids is 2. The zero-order valence-corrected chi connectivity index (χ0v) is 17.4. The van der Waals surface area contributed by atoms with Gasteiger partial charge in [0.1, 0.15) is 5.82 Å². The van der Waals surface area contributed by atoms with Crippen LogP contribution >= 0.6 is 0 Å². The van der Waals surface area contributed by atoms with Crippen LogP contribution in [-0.2, 0) is 9.59 Å². The summed E-state index contributed by atoms with van der Waals surface area (Å²) < 4.78 is 18.9. The molecule has 3 rings (SSSR count). The molecule has 0 bridgehead atoms. The monoisotopic (exact) mass is 417 g/mol. The van der Waals surface area contributed by atoms with E-state index < -0.39 is 0 Å². The Morgan fingerprint density at radius 3 is 3.00 bits per heavy atom. The number of rotatable bonds is 8. The van der Waals surface area contributed by atoms with Crippen LogP contribution in [0.15, 0.2) is 28.8 Å². The second-order valence-corrected chi connectivity index (χ2v) is 7.64. The fraction of sp³-hybridized carbons (Fsp3) is 0.524. The molecule has 2 amide bonds. The molecule has 2 aromatic rings. The molecular weight excluding hydrogens is 389 g/mol. The lowest BCUT2D eigenvalue weighted by Crippen LogP contribution is -2.45. The standard InChI is InChI=1S/C21H28FN5O3/c1-3-9-23-18(28)13-26(2)19(29)14-27-10-5-7-16(12-27)21-24-20(25-30-21)15-6-4-8-17(22)11-15/h4,6,8,11,16H,3,5,7,9-10,12-14H2,1-2H3,(H,23,28). The predicted molar refractivity (Wildman–Crippen MR) is 109 cm³/mol. The van der Waals surface area contributed by atoms with E-state index in [0.717, 1.165) is 25.8 Å². The molecule has 1 saturated heterocycles. The molecule has 1 N–H and O–H groups in total. The molecule has 0 radical (unpaired) electrons. The maximum Gasteiger partial charge on any atom is 0.239 e. The zero-order chi connectivity index (χ0) is 21.5. The quantitative estimate of drug-likeness (QED) is 0.707. The molecule has 30 heavy (non-hydrogen) atoms. The smallest absolute Gasteiger partial charge is 0.239 e. The number of likely N-dealkylation sites (N-methyl/N-ethyl adjacent to an activating group) is 1. The van der Waals surface area contributed by atoms with Gasteiger partial charge in [-0.1, -0.05) is 24.2 Å². The van der Waals surface area contributed by atoms with Crippen molar-refractivity contribution in [2.45, 2.75) is 32.1 Å². The van der Waals surface area contributed by atoms with E-state index in [1.54, 1.807) is 19.2 Å². The van der Waals surface area contributed by atoms with Gasteiger partial charge >= 0.3 is 0 Å². The zero-order valence-electron chi connectivity index (χ0n) is 17.4. The van der Waals surface area contributed by atoms with Gasteiger partial charge in [-0.25, -0.2) is 4.39 Å². The maximum atomic E-state index is 13.4. The summed E-state index contributed by atoms with van der Waals surface area (Å²) >= 11 is 0. The minimum Gasteiger partial charge on any atom is -0.355 e. The lowest BCUT2D eigenvalue weighted by Gasteiger charge is -2.31. The van der Waals surface area contributed by atoms with E-state index in [0.29, 0.717) is 30.4 Å². The Kier molecular flexibility index (Phi) is 7.51. The number of aromatic nitrogens is 2. The summed E-state index contributed by atoms with van der Waals surface area (Å²) in [5, 5.41) is 6.76. The summed E-state index contributed by atoms with van der Waals surface area (Å²) in [6.45, 7) is 4.29. The Morgan fingerprint density at radius 2 is 2.23 bits per heavy atom. The second kappa shape index (κ2) is 10.3. The van der Waals surface area contributed by atoms with Crippen molar-refractivity contribution >= 4 is 11.8 Å². The molecule has 1 fully saturated rings. The molecular formula is C21H28FN5O3. The van der Waals surface area contributed by atoms with E-state index in [1.165, 1.54) is 17.0 Å². The van der Waals surface area contributed by atoms with Crippen molar-refractivity contribution in [3.63, 3.8) is 0 Å². The Morgan fingerprint density at radius 1 is 1.40 bits per heavy atom. The van der Waals surface area contributed by atoms with Crippen LogP contribution in [0.2, 0.25) is 0 Å². The molecule has 0 aliphatic carbocycles. The largest absolute Gasteiger partial charge is 0.355 e. The van der Waals surface area contributed by atoms with Gasteiger partial charge in [-0.2, -0.15) is 4.98 Å². The van der Waals surface area contributed by atoms with Crippen molar-refractivity contribution in [3.8, 4) is 11.4 Å². The number of piperidine rings is 1. The number of nitrogens with one attached hydrogen (secondary N) is 1. The Balaban J connectivity index is 1.55. The normalized spacial score (nSPS) is 17.0. The van der Waals surface area contributed by atoms with Crippen molar-refractivity contribution in [2.24, 2.45) is 0 Å². The lowest BCUT2D eigenvalue weighted by atomic mass is 9.98. The van der Waals surface area contributed by atoms with Gasteiger partial charge in [0.25, 0.3) is 0 Å². The van der Waals surface area contributed by atoms with Crippen molar-refractivity contribution < 1.29 is 18.5 Å². The number of benzene rings is 1. The third-order valence-electron chi connectivity index (χ3n) is 5.12. The highest BCUT2D eigenvalue weighted by Crippen LogP contribution is 2.27. The number of hydrogen-bond donors (Lipinski definition) is 1. The average molecular weight is 417 g/mol. The molecule has 1 aliphatic heterocycles. The van der Waals surface area contributed by atoms with E-state index in [1.807, 2.05) is 11.8 Å². The summed E-state index contributed by atoms with van der Waals surface area (Å²) in [6.07, 6.45) is 2.64. The van der Waals surface area contributed by atoms with Crippen LogP contribution in [0, 0.1) is 5.82 Å². The second-order valence-electron chi connectivity index (χ2n) is 7.64. The summed E-state index contributed by atoms with van der Waals surface area (Å²) in [5.74, 6) is 0.260. The molecule has 9 heteroatoms. The first-order valence-electron chi connectivity index (χ1n) is 10.3. The average Bonchev–Trinajstić information content (AvgIpc) is 3.23. The SMILES string of the molecule is CCCNC(=O)CN(C)C(=O)CN1CCCC(c2nc(-c3cccc(F)c3)no2)C1. The molecule has 1 aromatic heterocycles. The molecule has 0 saturated carbocycles. The number of halogens is 1. The van der Waals surface area contributed by atoms with Gasteiger partial charge in [0.2, 0.25) is 23.5 Å². The number of likely N-dealkylation sites (tertiary alicyclic amines) is 1. The number of hydrogen-bond acceptors (Lipinski definition) is 6. The molecule has 1 atom stereocenters. The summed E-state index contributed by atoms with van der Waals surface area (Å²) in [6, 6.07) is 6.07. The number of nitrogens with zero attached hydrogens (tertiary/aromatic N) is 4.